The maximum Gasteiger partial charge on any atom is -0.00773 e. The van der Waals surface area contributed by atoms with Gasteiger partial charge in [-0.05, 0) is 13.0 Å². The smallest absolute Gasteiger partial charge is 0.00773 e. The molecule has 76 valence electrons. The molecule has 1 heteroatoms. The molecule has 0 aliphatic carbocycles. The number of hydrogen-bond donors (Lipinski definition) is 1. The summed E-state index contributed by atoms with van der Waals surface area (Å²) in [5.41, 5.74) is 5.21. The standard InChI is InChI=1S/C6H14.C5H13N/c1-3-5-6-4-2;1-2-3-4-5-6/h3-6H2,1-2H3;2-6H2,1H3. The molecule has 0 fully saturated rings. The van der Waals surface area contributed by atoms with E-state index in [1.807, 2.05) is 0 Å². The molecule has 12 heavy (non-hydrogen) atoms. The molecule has 0 rings (SSSR count). The Hall–Kier alpha value is -0.0400. The van der Waals surface area contributed by atoms with Crippen LogP contribution in [0.4, 0.5) is 0 Å². The van der Waals surface area contributed by atoms with E-state index >= 15 is 0 Å². The van der Waals surface area contributed by atoms with Crippen LogP contribution >= 0.6 is 0 Å². The van der Waals surface area contributed by atoms with Crippen LogP contribution in [0.5, 0.6) is 0 Å². The van der Waals surface area contributed by atoms with E-state index < -0.39 is 0 Å². The average molecular weight is 173 g/mol. The van der Waals surface area contributed by atoms with E-state index in [0.717, 1.165) is 6.54 Å². The second-order valence-electron chi connectivity index (χ2n) is 3.20. The summed E-state index contributed by atoms with van der Waals surface area (Å²) in [5.74, 6) is 0. The highest BCUT2D eigenvalue weighted by Gasteiger charge is 1.75. The molecular weight excluding hydrogens is 146 g/mol. The van der Waals surface area contributed by atoms with Crippen molar-refractivity contribution in [2.45, 2.75) is 65.7 Å². The SMILES string of the molecule is CCCCCC.CCCCCN. The topological polar surface area (TPSA) is 26.0 Å². The van der Waals surface area contributed by atoms with Crippen molar-refractivity contribution in [2.24, 2.45) is 5.73 Å². The lowest BCUT2D eigenvalue weighted by molar-refractivity contribution is 0.702. The highest BCUT2D eigenvalue weighted by molar-refractivity contribution is 4.35. The molecule has 0 unspecified atom stereocenters. The van der Waals surface area contributed by atoms with Crippen LogP contribution < -0.4 is 5.73 Å². The zero-order chi connectivity index (χ0) is 9.66. The summed E-state index contributed by atoms with van der Waals surface area (Å²) in [6, 6.07) is 0. The normalized spacial score (nSPS) is 9.00. The van der Waals surface area contributed by atoms with Gasteiger partial charge in [0, 0.05) is 0 Å². The minimum atomic E-state index is 0.855. The summed E-state index contributed by atoms with van der Waals surface area (Å²) in [6.45, 7) is 7.49. The zero-order valence-corrected chi connectivity index (χ0v) is 9.23. The van der Waals surface area contributed by atoms with Gasteiger partial charge in [0.2, 0.25) is 0 Å². The Morgan fingerprint density at radius 3 is 1.17 bits per heavy atom. The predicted octanol–water partition coefficient (Wildman–Crippen LogP) is 3.72. The average Bonchev–Trinajstić information content (AvgIpc) is 2.12. The third-order valence-electron chi connectivity index (χ3n) is 1.76. The fourth-order valence-corrected chi connectivity index (χ4v) is 0.894. The Morgan fingerprint density at radius 1 is 0.667 bits per heavy atom. The molecule has 0 bridgehead atoms. The molecule has 0 spiro atoms. The van der Waals surface area contributed by atoms with Crippen molar-refractivity contribution in [1.82, 2.24) is 0 Å². The first kappa shape index (κ1) is 14.5. The Balaban J connectivity index is 0. The van der Waals surface area contributed by atoms with Crippen molar-refractivity contribution in [3.8, 4) is 0 Å². The second-order valence-corrected chi connectivity index (χ2v) is 3.20. The van der Waals surface area contributed by atoms with Gasteiger partial charge < -0.3 is 5.73 Å². The molecule has 0 amide bonds. The Kier molecular flexibility index (Phi) is 20.7. The van der Waals surface area contributed by atoms with E-state index in [2.05, 4.69) is 20.8 Å². The summed E-state index contributed by atoms with van der Waals surface area (Å²) in [7, 11) is 0. The number of unbranched alkanes of at least 4 members (excludes halogenated alkanes) is 5. The van der Waals surface area contributed by atoms with Gasteiger partial charge in [0.1, 0.15) is 0 Å². The molecule has 0 aromatic heterocycles. The van der Waals surface area contributed by atoms with Crippen LogP contribution in [-0.2, 0) is 0 Å². The summed E-state index contributed by atoms with van der Waals surface area (Å²) < 4.78 is 0. The Morgan fingerprint density at radius 2 is 1.00 bits per heavy atom. The van der Waals surface area contributed by atoms with E-state index in [9.17, 15) is 0 Å². The summed E-state index contributed by atoms with van der Waals surface area (Å²) >= 11 is 0. The van der Waals surface area contributed by atoms with E-state index in [-0.39, 0.29) is 0 Å². The molecular formula is C11H27N. The van der Waals surface area contributed by atoms with Crippen LogP contribution in [0.3, 0.4) is 0 Å². The zero-order valence-electron chi connectivity index (χ0n) is 9.23. The monoisotopic (exact) mass is 173 g/mol. The van der Waals surface area contributed by atoms with Gasteiger partial charge in [-0.1, -0.05) is 59.3 Å². The van der Waals surface area contributed by atoms with Crippen molar-refractivity contribution < 1.29 is 0 Å². The van der Waals surface area contributed by atoms with Gasteiger partial charge in [-0.2, -0.15) is 0 Å². The molecule has 0 saturated carbocycles. The molecule has 0 aliphatic heterocycles. The lowest BCUT2D eigenvalue weighted by Crippen LogP contribution is -1.96. The van der Waals surface area contributed by atoms with Crippen LogP contribution in [-0.4, -0.2) is 6.54 Å². The first-order valence-corrected chi connectivity index (χ1v) is 5.53. The quantitative estimate of drug-likeness (QED) is 0.609. The molecule has 0 saturated heterocycles. The largest absolute Gasteiger partial charge is 0.330 e. The van der Waals surface area contributed by atoms with Crippen molar-refractivity contribution in [3.05, 3.63) is 0 Å². The lowest BCUT2D eigenvalue weighted by Gasteiger charge is -1.86. The Labute approximate surface area is 78.7 Å². The van der Waals surface area contributed by atoms with E-state index in [4.69, 9.17) is 5.73 Å². The molecule has 0 radical (unpaired) electrons. The highest BCUT2D eigenvalue weighted by atomic mass is 14.5. The third kappa shape index (κ3) is 22.5. The maximum atomic E-state index is 5.21. The summed E-state index contributed by atoms with van der Waals surface area (Å²) in [5, 5.41) is 0. The van der Waals surface area contributed by atoms with E-state index in [0.29, 0.717) is 0 Å². The van der Waals surface area contributed by atoms with Gasteiger partial charge in [0.05, 0.1) is 0 Å². The van der Waals surface area contributed by atoms with Crippen molar-refractivity contribution in [2.75, 3.05) is 6.54 Å². The summed E-state index contributed by atoms with van der Waals surface area (Å²) in [4.78, 5) is 0. The molecule has 0 heterocycles. The maximum absolute atomic E-state index is 5.21. The van der Waals surface area contributed by atoms with Crippen molar-refractivity contribution in [1.29, 1.82) is 0 Å². The van der Waals surface area contributed by atoms with Gasteiger partial charge in [-0.15, -0.1) is 0 Å². The molecule has 1 nitrogen and oxygen atoms in total. The van der Waals surface area contributed by atoms with Gasteiger partial charge in [-0.3, -0.25) is 0 Å². The van der Waals surface area contributed by atoms with Crippen molar-refractivity contribution >= 4 is 0 Å². The van der Waals surface area contributed by atoms with Crippen LogP contribution in [0.2, 0.25) is 0 Å². The Bertz CT molecular complexity index is 37.0. The van der Waals surface area contributed by atoms with E-state index in [1.54, 1.807) is 0 Å². The van der Waals surface area contributed by atoms with Crippen LogP contribution in [0.15, 0.2) is 0 Å². The first-order chi connectivity index (χ1) is 5.83. The predicted molar refractivity (Wildman–Crippen MR) is 58.4 cm³/mol. The van der Waals surface area contributed by atoms with Gasteiger partial charge in [0.25, 0.3) is 0 Å². The number of nitrogens with two attached hydrogens (primary N) is 1. The lowest BCUT2D eigenvalue weighted by atomic mass is 10.2. The minimum absolute atomic E-state index is 0.855. The summed E-state index contributed by atoms with van der Waals surface area (Å²) in [6.07, 6.45) is 9.29. The first-order valence-electron chi connectivity index (χ1n) is 5.53. The highest BCUT2D eigenvalue weighted by Crippen LogP contribution is 1.95. The second kappa shape index (κ2) is 17.2. The van der Waals surface area contributed by atoms with Crippen LogP contribution in [0.25, 0.3) is 0 Å². The fraction of sp³-hybridized carbons (Fsp3) is 1.00. The van der Waals surface area contributed by atoms with Crippen LogP contribution in [0, 0.1) is 0 Å². The fourth-order valence-electron chi connectivity index (χ4n) is 0.894. The van der Waals surface area contributed by atoms with Gasteiger partial charge in [0.15, 0.2) is 0 Å². The molecule has 2 N–H and O–H groups in total. The number of hydrogen-bond acceptors (Lipinski definition) is 1. The molecule has 0 atom stereocenters. The van der Waals surface area contributed by atoms with Crippen LogP contribution in [0.1, 0.15) is 65.7 Å². The number of rotatable bonds is 6. The molecule has 0 aliphatic rings. The minimum Gasteiger partial charge on any atom is -0.330 e. The van der Waals surface area contributed by atoms with Crippen molar-refractivity contribution in [3.63, 3.8) is 0 Å². The van der Waals surface area contributed by atoms with Gasteiger partial charge >= 0.3 is 0 Å². The van der Waals surface area contributed by atoms with E-state index in [1.165, 1.54) is 44.9 Å². The third-order valence-corrected chi connectivity index (χ3v) is 1.76. The van der Waals surface area contributed by atoms with Gasteiger partial charge in [-0.25, -0.2) is 0 Å². The molecule has 0 aromatic carbocycles. The molecule has 0 aromatic rings.